The number of benzene rings is 1. The first kappa shape index (κ1) is 18.2. The number of nitrogens with zero attached hydrogens (tertiary/aromatic N) is 2. The molecule has 1 N–H and O–H groups in total. The average molecular weight is 359 g/mol. The van der Waals surface area contributed by atoms with Gasteiger partial charge in [-0.25, -0.2) is 0 Å². The van der Waals surface area contributed by atoms with Crippen LogP contribution in [0.25, 0.3) is 0 Å². The van der Waals surface area contributed by atoms with E-state index in [9.17, 15) is 5.11 Å². The summed E-state index contributed by atoms with van der Waals surface area (Å²) in [6.45, 7) is 2.30. The molecule has 25 heavy (non-hydrogen) atoms. The van der Waals surface area contributed by atoms with E-state index in [1.54, 1.807) is 6.07 Å². The normalized spacial score (nSPS) is 26.0. The Kier molecular flexibility index (Phi) is 5.65. The number of hydrogen-bond donors (Lipinski definition) is 1. The summed E-state index contributed by atoms with van der Waals surface area (Å²) in [7, 11) is 0. The number of likely N-dealkylation sites (tertiary alicyclic amines) is 1. The van der Waals surface area contributed by atoms with Crippen LogP contribution in [0, 0.1) is 0 Å². The fourth-order valence-corrected chi connectivity index (χ4v) is 4.77. The number of rotatable bonds is 4. The zero-order chi connectivity index (χ0) is 16.4. The molecule has 2 atom stereocenters. The van der Waals surface area contributed by atoms with Crippen molar-refractivity contribution in [2.75, 3.05) is 13.1 Å². The maximum Gasteiger partial charge on any atom is 0.115 e. The van der Waals surface area contributed by atoms with Crippen LogP contribution in [0.3, 0.4) is 0 Å². The van der Waals surface area contributed by atoms with Crippen LogP contribution >= 0.6 is 12.4 Å². The lowest BCUT2D eigenvalue weighted by atomic mass is 9.63. The highest BCUT2D eigenvalue weighted by Crippen LogP contribution is 2.47. The van der Waals surface area contributed by atoms with Gasteiger partial charge in [0.2, 0.25) is 0 Å². The molecule has 0 amide bonds. The third-order valence-corrected chi connectivity index (χ3v) is 6.08. The van der Waals surface area contributed by atoms with Crippen LogP contribution in [0.5, 0.6) is 5.75 Å². The minimum atomic E-state index is 0. The Hall–Kier alpha value is -1.58. The molecule has 0 unspecified atom stereocenters. The number of fused-ring (bicyclic) bond motifs is 2. The second kappa shape index (κ2) is 7.76. The van der Waals surface area contributed by atoms with E-state index in [1.807, 2.05) is 30.6 Å². The summed E-state index contributed by atoms with van der Waals surface area (Å²) in [4.78, 5) is 6.92. The molecule has 1 aromatic heterocycles. The summed E-state index contributed by atoms with van der Waals surface area (Å²) in [6.07, 6.45) is 11.2. The largest absolute Gasteiger partial charge is 0.508 e. The van der Waals surface area contributed by atoms with Crippen molar-refractivity contribution < 1.29 is 5.11 Å². The number of pyridine rings is 1. The molecule has 1 aromatic carbocycles. The molecule has 1 aliphatic carbocycles. The molecule has 4 heteroatoms. The lowest BCUT2D eigenvalue weighted by Gasteiger charge is -2.51. The highest BCUT2D eigenvalue weighted by Gasteiger charge is 2.43. The first-order valence-electron chi connectivity index (χ1n) is 9.18. The smallest absolute Gasteiger partial charge is 0.115 e. The van der Waals surface area contributed by atoms with Gasteiger partial charge in [0.15, 0.2) is 0 Å². The highest BCUT2D eigenvalue weighted by molar-refractivity contribution is 5.85. The first-order chi connectivity index (χ1) is 11.8. The molecule has 2 bridgehead atoms. The molecule has 1 saturated heterocycles. The van der Waals surface area contributed by atoms with E-state index in [4.69, 9.17) is 0 Å². The minimum absolute atomic E-state index is 0. The van der Waals surface area contributed by atoms with E-state index >= 15 is 0 Å². The Bertz CT molecular complexity index is 693. The second-order valence-electron chi connectivity index (χ2n) is 7.48. The SMILES string of the molecule is Cl.Oc1cccc([C@]23CCC[C@H](C2)N(CCc2cccnc2)CC3)c1. The Morgan fingerprint density at radius 2 is 2.12 bits per heavy atom. The van der Waals surface area contributed by atoms with E-state index < -0.39 is 0 Å². The molecule has 2 fully saturated rings. The summed E-state index contributed by atoms with van der Waals surface area (Å²) < 4.78 is 0. The van der Waals surface area contributed by atoms with Gasteiger partial charge >= 0.3 is 0 Å². The molecule has 4 rings (SSSR count). The maximum atomic E-state index is 9.88. The predicted octanol–water partition coefficient (Wildman–Crippen LogP) is 4.34. The Labute approximate surface area is 156 Å². The average Bonchev–Trinajstić information content (AvgIpc) is 2.62. The summed E-state index contributed by atoms with van der Waals surface area (Å²) in [5, 5.41) is 9.88. The number of phenolic OH excluding ortho intramolecular Hbond substituents is 1. The highest BCUT2D eigenvalue weighted by atomic mass is 35.5. The van der Waals surface area contributed by atoms with Gasteiger partial charge in [0.05, 0.1) is 0 Å². The quantitative estimate of drug-likeness (QED) is 0.883. The van der Waals surface area contributed by atoms with Gasteiger partial charge in [-0.1, -0.05) is 24.6 Å². The summed E-state index contributed by atoms with van der Waals surface area (Å²) in [6, 6.07) is 12.9. The number of halogens is 1. The third-order valence-electron chi connectivity index (χ3n) is 6.08. The van der Waals surface area contributed by atoms with E-state index in [2.05, 4.69) is 22.0 Å². The van der Waals surface area contributed by atoms with Crippen LogP contribution in [0.1, 0.15) is 43.2 Å². The van der Waals surface area contributed by atoms with Crippen molar-refractivity contribution in [3.05, 3.63) is 59.9 Å². The van der Waals surface area contributed by atoms with Gasteiger partial charge in [0.1, 0.15) is 5.75 Å². The number of aromatic hydroxyl groups is 1. The molecule has 1 aliphatic heterocycles. The lowest BCUT2D eigenvalue weighted by Crippen LogP contribution is -2.52. The van der Waals surface area contributed by atoms with Gasteiger partial charge in [-0.15, -0.1) is 12.4 Å². The van der Waals surface area contributed by atoms with Gasteiger partial charge in [-0.2, -0.15) is 0 Å². The molecule has 2 aliphatic rings. The summed E-state index contributed by atoms with van der Waals surface area (Å²) in [5.41, 5.74) is 2.96. The molecular weight excluding hydrogens is 332 g/mol. The standard InChI is InChI=1S/C21H26N2O.ClH/c24-20-7-1-5-18(14-20)21-9-2-6-19(15-21)23(13-10-21)12-8-17-4-3-11-22-16-17;/h1,3-5,7,11,14,16,19,24H,2,6,8-10,12-13,15H2;1H/t19-,21+;/m1./s1. The fourth-order valence-electron chi connectivity index (χ4n) is 4.77. The number of aromatic nitrogens is 1. The topological polar surface area (TPSA) is 36.4 Å². The van der Waals surface area contributed by atoms with Crippen molar-refractivity contribution in [3.8, 4) is 5.75 Å². The summed E-state index contributed by atoms with van der Waals surface area (Å²) in [5.74, 6) is 0.406. The Morgan fingerprint density at radius 3 is 2.92 bits per heavy atom. The fraction of sp³-hybridized carbons (Fsp3) is 0.476. The van der Waals surface area contributed by atoms with Crippen LogP contribution in [0.15, 0.2) is 48.8 Å². The van der Waals surface area contributed by atoms with Crippen LogP contribution < -0.4 is 0 Å². The van der Waals surface area contributed by atoms with Crippen molar-refractivity contribution in [2.45, 2.75) is 50.0 Å². The van der Waals surface area contributed by atoms with Gasteiger partial charge in [0, 0.05) is 25.0 Å². The van der Waals surface area contributed by atoms with Crippen molar-refractivity contribution >= 4 is 12.4 Å². The number of piperidine rings is 1. The Balaban J connectivity index is 0.00000182. The number of phenols is 1. The zero-order valence-electron chi connectivity index (χ0n) is 14.6. The molecule has 0 spiro atoms. The molecule has 0 radical (unpaired) electrons. The Morgan fingerprint density at radius 1 is 1.20 bits per heavy atom. The van der Waals surface area contributed by atoms with Gasteiger partial charge < -0.3 is 5.11 Å². The summed E-state index contributed by atoms with van der Waals surface area (Å²) >= 11 is 0. The molecule has 2 heterocycles. The van der Waals surface area contributed by atoms with Crippen LogP contribution in [-0.4, -0.2) is 34.1 Å². The first-order valence-corrected chi connectivity index (χ1v) is 9.18. The second-order valence-corrected chi connectivity index (χ2v) is 7.48. The molecule has 2 aromatic rings. The van der Waals surface area contributed by atoms with Crippen molar-refractivity contribution in [1.29, 1.82) is 0 Å². The zero-order valence-corrected chi connectivity index (χ0v) is 15.4. The van der Waals surface area contributed by atoms with Crippen LogP contribution in [-0.2, 0) is 11.8 Å². The molecule has 1 saturated carbocycles. The van der Waals surface area contributed by atoms with Crippen molar-refractivity contribution in [3.63, 3.8) is 0 Å². The van der Waals surface area contributed by atoms with Crippen molar-refractivity contribution in [2.24, 2.45) is 0 Å². The van der Waals surface area contributed by atoms with E-state index in [0.717, 1.165) is 13.0 Å². The van der Waals surface area contributed by atoms with Gasteiger partial charge in [-0.05, 0) is 73.4 Å². The van der Waals surface area contributed by atoms with Crippen LogP contribution in [0.2, 0.25) is 0 Å². The minimum Gasteiger partial charge on any atom is -0.508 e. The molecule has 134 valence electrons. The monoisotopic (exact) mass is 358 g/mol. The lowest BCUT2D eigenvalue weighted by molar-refractivity contribution is 0.0524. The third kappa shape index (κ3) is 3.83. The molecular formula is C21H27ClN2O. The number of hydrogen-bond acceptors (Lipinski definition) is 3. The van der Waals surface area contributed by atoms with E-state index in [1.165, 1.54) is 49.8 Å². The van der Waals surface area contributed by atoms with Gasteiger partial charge in [0.25, 0.3) is 0 Å². The predicted molar refractivity (Wildman–Crippen MR) is 103 cm³/mol. The maximum absolute atomic E-state index is 9.88. The van der Waals surface area contributed by atoms with E-state index in [-0.39, 0.29) is 17.8 Å². The van der Waals surface area contributed by atoms with E-state index in [0.29, 0.717) is 11.8 Å². The van der Waals surface area contributed by atoms with Crippen LogP contribution in [0.4, 0.5) is 0 Å². The van der Waals surface area contributed by atoms with Crippen molar-refractivity contribution in [1.82, 2.24) is 9.88 Å². The molecule has 3 nitrogen and oxygen atoms in total. The van der Waals surface area contributed by atoms with Gasteiger partial charge in [-0.3, -0.25) is 9.88 Å².